The van der Waals surface area contributed by atoms with Crippen LogP contribution in [0.25, 0.3) is 0 Å². The van der Waals surface area contributed by atoms with Crippen molar-refractivity contribution in [3.63, 3.8) is 0 Å². The molecule has 5 nitrogen and oxygen atoms in total. The zero-order chi connectivity index (χ0) is 16.0. The average Bonchev–Trinajstić information content (AvgIpc) is 2.41. The van der Waals surface area contributed by atoms with E-state index in [1.807, 2.05) is 5.43 Å². The molecule has 1 rings (SSSR count). The molecule has 1 atom stereocenters. The second kappa shape index (κ2) is 7.41. The van der Waals surface area contributed by atoms with Gasteiger partial charge in [-0.15, -0.1) is 0 Å². The number of alkyl halides is 3. The molecule has 0 radical (unpaired) electrons. The summed E-state index contributed by atoms with van der Waals surface area (Å²) in [7, 11) is 0. The number of hydrogen-bond acceptors (Lipinski definition) is 3. The quantitative estimate of drug-likeness (QED) is 0.800. The number of halogens is 4. The van der Waals surface area contributed by atoms with Gasteiger partial charge in [-0.05, 0) is 31.2 Å². The zero-order valence-electron chi connectivity index (χ0n) is 10.8. The smallest absolute Gasteiger partial charge is 0.359 e. The van der Waals surface area contributed by atoms with Crippen LogP contribution >= 0.6 is 15.9 Å². The van der Waals surface area contributed by atoms with Crippen LogP contribution in [-0.2, 0) is 9.53 Å². The summed E-state index contributed by atoms with van der Waals surface area (Å²) < 4.78 is 40.9. The maximum atomic E-state index is 11.9. The third kappa shape index (κ3) is 6.58. The minimum absolute atomic E-state index is 0.280. The molecule has 9 heteroatoms. The Kier molecular flexibility index (Phi) is 6.16. The van der Waals surface area contributed by atoms with Gasteiger partial charge in [0, 0.05) is 10.0 Å². The van der Waals surface area contributed by atoms with E-state index in [1.54, 1.807) is 12.1 Å². The Hall–Kier alpha value is -1.61. The van der Waals surface area contributed by atoms with E-state index in [1.165, 1.54) is 12.1 Å². The highest BCUT2D eigenvalue weighted by molar-refractivity contribution is 9.10. The SMILES string of the molecule is CC(OCC(F)(F)F)C(=O)NNC(=O)c1ccc(Br)cc1. The third-order valence-electron chi connectivity index (χ3n) is 2.27. The molecule has 0 aliphatic carbocycles. The number of rotatable bonds is 4. The number of carbonyl (C=O) groups excluding carboxylic acids is 2. The Labute approximate surface area is 126 Å². The van der Waals surface area contributed by atoms with Gasteiger partial charge in [-0.25, -0.2) is 0 Å². The lowest BCUT2D eigenvalue weighted by atomic mass is 10.2. The van der Waals surface area contributed by atoms with E-state index in [0.717, 1.165) is 11.4 Å². The van der Waals surface area contributed by atoms with Gasteiger partial charge >= 0.3 is 6.18 Å². The van der Waals surface area contributed by atoms with Gasteiger partial charge in [0.2, 0.25) is 0 Å². The number of hydrogen-bond donors (Lipinski definition) is 2. The Bertz CT molecular complexity index is 505. The number of benzene rings is 1. The molecule has 1 unspecified atom stereocenters. The highest BCUT2D eigenvalue weighted by Gasteiger charge is 2.30. The van der Waals surface area contributed by atoms with Gasteiger partial charge in [-0.2, -0.15) is 13.2 Å². The fraction of sp³-hybridized carbons (Fsp3) is 0.333. The molecule has 2 amide bonds. The standard InChI is InChI=1S/C12H12BrF3N2O3/c1-7(21-6-12(14,15)16)10(19)17-18-11(20)8-2-4-9(13)5-3-8/h2-5,7H,6H2,1H3,(H,17,19)(H,18,20). The average molecular weight is 369 g/mol. The number of amides is 2. The number of nitrogens with one attached hydrogen (secondary N) is 2. The molecule has 21 heavy (non-hydrogen) atoms. The third-order valence-corrected chi connectivity index (χ3v) is 2.80. The van der Waals surface area contributed by atoms with E-state index in [-0.39, 0.29) is 5.56 Å². The minimum Gasteiger partial charge on any atom is -0.359 e. The van der Waals surface area contributed by atoms with Crippen molar-refractivity contribution in [3.8, 4) is 0 Å². The topological polar surface area (TPSA) is 67.4 Å². The Morgan fingerprint density at radius 1 is 1.24 bits per heavy atom. The molecule has 0 spiro atoms. The molecule has 1 aromatic rings. The first-order valence-electron chi connectivity index (χ1n) is 5.73. The van der Waals surface area contributed by atoms with Crippen molar-refractivity contribution < 1.29 is 27.5 Å². The molecule has 0 fully saturated rings. The first-order chi connectivity index (χ1) is 9.69. The molecular formula is C12H12BrF3N2O3. The second-order valence-electron chi connectivity index (χ2n) is 4.02. The highest BCUT2D eigenvalue weighted by atomic mass is 79.9. The predicted molar refractivity (Wildman–Crippen MR) is 71.2 cm³/mol. The van der Waals surface area contributed by atoms with Crippen molar-refractivity contribution in [2.24, 2.45) is 0 Å². The molecule has 0 aliphatic rings. The van der Waals surface area contributed by atoms with E-state index < -0.39 is 30.7 Å². The van der Waals surface area contributed by atoms with Crippen LogP contribution in [0.5, 0.6) is 0 Å². The monoisotopic (exact) mass is 368 g/mol. The Morgan fingerprint density at radius 2 is 1.81 bits per heavy atom. The number of hydrazine groups is 1. The van der Waals surface area contributed by atoms with Gasteiger partial charge in [0.15, 0.2) is 0 Å². The van der Waals surface area contributed by atoms with Crippen molar-refractivity contribution in [3.05, 3.63) is 34.3 Å². The van der Waals surface area contributed by atoms with Crippen LogP contribution in [0.2, 0.25) is 0 Å². The van der Waals surface area contributed by atoms with Crippen molar-refractivity contribution in [2.75, 3.05) is 6.61 Å². The largest absolute Gasteiger partial charge is 0.411 e. The van der Waals surface area contributed by atoms with E-state index in [2.05, 4.69) is 26.1 Å². The first kappa shape index (κ1) is 17.4. The lowest BCUT2D eigenvalue weighted by Crippen LogP contribution is -2.46. The van der Waals surface area contributed by atoms with Gasteiger partial charge in [0.25, 0.3) is 11.8 Å². The fourth-order valence-electron chi connectivity index (χ4n) is 1.19. The van der Waals surface area contributed by atoms with Crippen LogP contribution in [0.15, 0.2) is 28.7 Å². The van der Waals surface area contributed by atoms with Crippen molar-refractivity contribution in [1.82, 2.24) is 10.9 Å². The van der Waals surface area contributed by atoms with Gasteiger partial charge in [-0.3, -0.25) is 20.4 Å². The van der Waals surface area contributed by atoms with Gasteiger partial charge in [0.05, 0.1) is 0 Å². The lowest BCUT2D eigenvalue weighted by Gasteiger charge is -2.15. The molecule has 0 saturated heterocycles. The van der Waals surface area contributed by atoms with Gasteiger partial charge < -0.3 is 4.74 Å². The summed E-state index contributed by atoms with van der Waals surface area (Å²) >= 11 is 3.20. The summed E-state index contributed by atoms with van der Waals surface area (Å²) in [6.45, 7) is -0.394. The van der Waals surface area contributed by atoms with E-state index in [9.17, 15) is 22.8 Å². The van der Waals surface area contributed by atoms with Crippen molar-refractivity contribution >= 4 is 27.7 Å². The molecule has 0 aromatic heterocycles. The van der Waals surface area contributed by atoms with E-state index in [4.69, 9.17) is 0 Å². The predicted octanol–water partition coefficient (Wildman–Crippen LogP) is 2.18. The van der Waals surface area contributed by atoms with Crippen molar-refractivity contribution in [1.29, 1.82) is 0 Å². The van der Waals surface area contributed by atoms with Crippen LogP contribution in [0.3, 0.4) is 0 Å². The number of ether oxygens (including phenoxy) is 1. The first-order valence-corrected chi connectivity index (χ1v) is 6.52. The highest BCUT2D eigenvalue weighted by Crippen LogP contribution is 2.15. The summed E-state index contributed by atoms with van der Waals surface area (Å²) in [5.41, 5.74) is 4.35. The van der Waals surface area contributed by atoms with Crippen LogP contribution in [0.4, 0.5) is 13.2 Å². The van der Waals surface area contributed by atoms with Crippen molar-refractivity contribution in [2.45, 2.75) is 19.2 Å². The van der Waals surface area contributed by atoms with Crippen LogP contribution in [-0.4, -0.2) is 30.7 Å². The Balaban J connectivity index is 2.41. The van der Waals surface area contributed by atoms with Crippen LogP contribution < -0.4 is 10.9 Å². The number of carbonyl (C=O) groups is 2. The molecule has 0 aliphatic heterocycles. The minimum atomic E-state index is -4.52. The molecular weight excluding hydrogens is 357 g/mol. The summed E-state index contributed by atoms with van der Waals surface area (Å²) in [5, 5.41) is 0. The molecule has 2 N–H and O–H groups in total. The van der Waals surface area contributed by atoms with E-state index >= 15 is 0 Å². The maximum absolute atomic E-state index is 11.9. The molecule has 0 heterocycles. The van der Waals surface area contributed by atoms with Crippen LogP contribution in [0, 0.1) is 0 Å². The molecule has 0 bridgehead atoms. The summed E-state index contributed by atoms with van der Waals surface area (Å²) in [6.07, 6.45) is -5.87. The summed E-state index contributed by atoms with van der Waals surface area (Å²) in [5.74, 6) is -1.48. The van der Waals surface area contributed by atoms with E-state index in [0.29, 0.717) is 0 Å². The maximum Gasteiger partial charge on any atom is 0.411 e. The fourth-order valence-corrected chi connectivity index (χ4v) is 1.45. The molecule has 1 aromatic carbocycles. The van der Waals surface area contributed by atoms with Gasteiger partial charge in [-0.1, -0.05) is 15.9 Å². The summed E-state index contributed by atoms with van der Waals surface area (Å²) in [6, 6.07) is 6.28. The zero-order valence-corrected chi connectivity index (χ0v) is 12.4. The molecule has 0 saturated carbocycles. The van der Waals surface area contributed by atoms with Gasteiger partial charge in [0.1, 0.15) is 12.7 Å². The lowest BCUT2D eigenvalue weighted by molar-refractivity contribution is -0.185. The molecule has 116 valence electrons. The van der Waals surface area contributed by atoms with Crippen LogP contribution in [0.1, 0.15) is 17.3 Å². The second-order valence-corrected chi connectivity index (χ2v) is 4.93. The summed E-state index contributed by atoms with van der Waals surface area (Å²) in [4.78, 5) is 23.1. The Morgan fingerprint density at radius 3 is 2.33 bits per heavy atom. The normalized spacial score (nSPS) is 12.6.